The number of hydrogen-bond donors (Lipinski definition) is 1. The number of aromatic nitrogens is 1. The van der Waals surface area contributed by atoms with Crippen LogP contribution in [-0.2, 0) is 0 Å². The first-order valence-corrected chi connectivity index (χ1v) is 9.32. The molecule has 1 aliphatic heterocycles. The molecule has 0 unspecified atom stereocenters. The van der Waals surface area contributed by atoms with Crippen molar-refractivity contribution in [1.82, 2.24) is 20.1 Å². The summed E-state index contributed by atoms with van der Waals surface area (Å²) in [6.07, 6.45) is 2.93. The second kappa shape index (κ2) is 8.69. The first-order valence-electron chi connectivity index (χ1n) is 9.32. The minimum absolute atomic E-state index is 0.176. The van der Waals surface area contributed by atoms with Gasteiger partial charge in [-0.1, -0.05) is 13.8 Å². The fraction of sp³-hybridized carbons (Fsp3) is 0.400. The van der Waals surface area contributed by atoms with Crippen molar-refractivity contribution in [3.8, 4) is 0 Å². The Morgan fingerprint density at radius 2 is 1.79 bits per heavy atom. The van der Waals surface area contributed by atoms with E-state index in [4.69, 9.17) is 4.42 Å². The monoisotopic (exact) mass is 384 g/mol. The van der Waals surface area contributed by atoms with Crippen LogP contribution in [0.5, 0.6) is 0 Å². The summed E-state index contributed by atoms with van der Waals surface area (Å²) < 4.78 is 5.15. The maximum Gasteiger partial charge on any atom is 0.289 e. The van der Waals surface area contributed by atoms with E-state index in [-0.39, 0.29) is 23.4 Å². The summed E-state index contributed by atoms with van der Waals surface area (Å²) in [5.41, 5.74) is 0.633. The number of hydrogen-bond acceptors (Lipinski definition) is 5. The zero-order valence-electron chi connectivity index (χ0n) is 16.1. The Kier molecular flexibility index (Phi) is 6.08. The van der Waals surface area contributed by atoms with Gasteiger partial charge in [0, 0.05) is 44.5 Å². The van der Waals surface area contributed by atoms with Gasteiger partial charge in [-0.25, -0.2) is 0 Å². The van der Waals surface area contributed by atoms with Crippen LogP contribution in [0.4, 0.5) is 0 Å². The van der Waals surface area contributed by atoms with Crippen LogP contribution in [-0.4, -0.2) is 65.2 Å². The number of nitrogens with zero attached hydrogens (tertiary/aromatic N) is 3. The molecule has 3 amide bonds. The predicted molar refractivity (Wildman–Crippen MR) is 102 cm³/mol. The minimum atomic E-state index is -0.294. The second-order valence-corrected chi connectivity index (χ2v) is 7.10. The van der Waals surface area contributed by atoms with E-state index >= 15 is 0 Å². The van der Waals surface area contributed by atoms with Crippen LogP contribution >= 0.6 is 0 Å². The van der Waals surface area contributed by atoms with Gasteiger partial charge in [0.05, 0.1) is 6.26 Å². The van der Waals surface area contributed by atoms with E-state index in [0.29, 0.717) is 50.0 Å². The normalized spacial score (nSPS) is 14.2. The molecule has 2 aromatic heterocycles. The highest BCUT2D eigenvalue weighted by atomic mass is 16.3. The Morgan fingerprint density at radius 3 is 2.39 bits per heavy atom. The summed E-state index contributed by atoms with van der Waals surface area (Å²) in [6.45, 7) is 6.25. The van der Waals surface area contributed by atoms with Gasteiger partial charge in [0.15, 0.2) is 5.76 Å². The number of piperazine rings is 1. The fourth-order valence-corrected chi connectivity index (χ4v) is 2.93. The molecule has 1 fully saturated rings. The van der Waals surface area contributed by atoms with Crippen molar-refractivity contribution >= 4 is 17.7 Å². The van der Waals surface area contributed by atoms with Gasteiger partial charge < -0.3 is 19.5 Å². The third-order valence-corrected chi connectivity index (χ3v) is 4.50. The van der Waals surface area contributed by atoms with Crippen molar-refractivity contribution in [3.05, 3.63) is 53.7 Å². The number of rotatable bonds is 5. The van der Waals surface area contributed by atoms with E-state index in [2.05, 4.69) is 10.3 Å². The lowest BCUT2D eigenvalue weighted by Crippen LogP contribution is -2.50. The molecule has 0 aromatic carbocycles. The van der Waals surface area contributed by atoms with Crippen molar-refractivity contribution in [1.29, 1.82) is 0 Å². The van der Waals surface area contributed by atoms with Crippen molar-refractivity contribution in [2.24, 2.45) is 5.92 Å². The first-order chi connectivity index (χ1) is 13.5. The van der Waals surface area contributed by atoms with E-state index in [9.17, 15) is 14.4 Å². The smallest absolute Gasteiger partial charge is 0.289 e. The molecule has 0 bridgehead atoms. The average molecular weight is 384 g/mol. The molecule has 0 atom stereocenters. The number of carbonyl (C=O) groups is 3. The maximum absolute atomic E-state index is 12.8. The van der Waals surface area contributed by atoms with Gasteiger partial charge in [-0.3, -0.25) is 19.4 Å². The lowest BCUT2D eigenvalue weighted by molar-refractivity contribution is 0.0518. The zero-order valence-corrected chi connectivity index (χ0v) is 16.1. The summed E-state index contributed by atoms with van der Waals surface area (Å²) in [7, 11) is 0. The molecular formula is C20H24N4O4. The summed E-state index contributed by atoms with van der Waals surface area (Å²) >= 11 is 0. The van der Waals surface area contributed by atoms with Crippen molar-refractivity contribution in [2.45, 2.75) is 13.8 Å². The van der Waals surface area contributed by atoms with Crippen molar-refractivity contribution in [3.63, 3.8) is 0 Å². The molecule has 0 spiro atoms. The number of furan rings is 1. The van der Waals surface area contributed by atoms with E-state index in [1.54, 1.807) is 28.0 Å². The Hall–Kier alpha value is -3.16. The number of carbonyl (C=O) groups excluding carboxylic acids is 3. The molecule has 0 radical (unpaired) electrons. The van der Waals surface area contributed by atoms with Crippen LogP contribution in [0.3, 0.4) is 0 Å². The molecule has 1 aliphatic rings. The van der Waals surface area contributed by atoms with E-state index in [1.165, 1.54) is 18.5 Å². The number of pyridine rings is 1. The Bertz CT molecular complexity index is 840. The van der Waals surface area contributed by atoms with Crippen LogP contribution in [0, 0.1) is 5.92 Å². The second-order valence-electron chi connectivity index (χ2n) is 7.10. The summed E-state index contributed by atoms with van der Waals surface area (Å²) in [4.78, 5) is 44.7. The van der Waals surface area contributed by atoms with E-state index in [1.807, 2.05) is 13.8 Å². The van der Waals surface area contributed by atoms with Gasteiger partial charge in [0.25, 0.3) is 17.7 Å². The molecule has 0 aliphatic carbocycles. The number of nitrogens with one attached hydrogen (secondary N) is 1. The van der Waals surface area contributed by atoms with Crippen LogP contribution in [0.1, 0.15) is 45.2 Å². The lowest BCUT2D eigenvalue weighted by atomic mass is 10.1. The van der Waals surface area contributed by atoms with Crippen LogP contribution in [0.2, 0.25) is 0 Å². The Balaban J connectivity index is 1.60. The van der Waals surface area contributed by atoms with Crippen LogP contribution in [0.15, 0.2) is 41.1 Å². The zero-order chi connectivity index (χ0) is 20.1. The highest BCUT2D eigenvalue weighted by Crippen LogP contribution is 2.13. The van der Waals surface area contributed by atoms with Gasteiger partial charge >= 0.3 is 0 Å². The molecule has 1 N–H and O–H groups in total. The van der Waals surface area contributed by atoms with Crippen molar-refractivity contribution in [2.75, 3.05) is 32.7 Å². The molecule has 3 rings (SSSR count). The minimum Gasteiger partial charge on any atom is -0.459 e. The Morgan fingerprint density at radius 1 is 1.11 bits per heavy atom. The molecule has 8 nitrogen and oxygen atoms in total. The van der Waals surface area contributed by atoms with Crippen molar-refractivity contribution < 1.29 is 18.8 Å². The molecule has 0 saturated carbocycles. The van der Waals surface area contributed by atoms with Gasteiger partial charge in [0.2, 0.25) is 0 Å². The quantitative estimate of drug-likeness (QED) is 0.846. The van der Waals surface area contributed by atoms with Crippen LogP contribution < -0.4 is 5.32 Å². The standard InChI is InChI=1S/C20H24N4O4/c1-14(2)13-22-18(25)16-12-15(5-6-21-16)19(26)23-7-9-24(10-8-23)20(27)17-4-3-11-28-17/h3-6,11-12,14H,7-10,13H2,1-2H3,(H,22,25). The molecule has 3 heterocycles. The maximum atomic E-state index is 12.8. The molecule has 2 aromatic rings. The predicted octanol–water partition coefficient (Wildman–Crippen LogP) is 1.66. The highest BCUT2D eigenvalue weighted by Gasteiger charge is 2.27. The van der Waals surface area contributed by atoms with Gasteiger partial charge in [0.1, 0.15) is 5.69 Å². The summed E-state index contributed by atoms with van der Waals surface area (Å²) in [6, 6.07) is 6.41. The summed E-state index contributed by atoms with van der Waals surface area (Å²) in [5.74, 6) is -0.0207. The molecule has 148 valence electrons. The van der Waals surface area contributed by atoms with Gasteiger partial charge in [-0.15, -0.1) is 0 Å². The van der Waals surface area contributed by atoms with Crippen LogP contribution in [0.25, 0.3) is 0 Å². The SMILES string of the molecule is CC(C)CNC(=O)c1cc(C(=O)N2CCN(C(=O)c3ccco3)CC2)ccn1. The lowest BCUT2D eigenvalue weighted by Gasteiger charge is -2.34. The molecule has 28 heavy (non-hydrogen) atoms. The topological polar surface area (TPSA) is 95.8 Å². The molecule has 8 heteroatoms. The highest BCUT2D eigenvalue weighted by molar-refractivity contribution is 5.98. The average Bonchev–Trinajstić information content (AvgIpc) is 3.26. The fourth-order valence-electron chi connectivity index (χ4n) is 2.93. The third kappa shape index (κ3) is 4.57. The molecule has 1 saturated heterocycles. The molecular weight excluding hydrogens is 360 g/mol. The largest absolute Gasteiger partial charge is 0.459 e. The first kappa shape index (κ1) is 19.6. The Labute approximate surface area is 163 Å². The van der Waals surface area contributed by atoms with E-state index in [0.717, 1.165) is 0 Å². The summed E-state index contributed by atoms with van der Waals surface area (Å²) in [5, 5.41) is 2.80. The van der Waals surface area contributed by atoms with Gasteiger partial charge in [-0.05, 0) is 30.2 Å². The van der Waals surface area contributed by atoms with Gasteiger partial charge in [-0.2, -0.15) is 0 Å². The number of amides is 3. The third-order valence-electron chi connectivity index (χ3n) is 4.50. The van der Waals surface area contributed by atoms with E-state index < -0.39 is 0 Å².